The predicted octanol–water partition coefficient (Wildman–Crippen LogP) is 2.00. The second kappa shape index (κ2) is 4.55. The summed E-state index contributed by atoms with van der Waals surface area (Å²) in [5.41, 5.74) is 5.78. The van der Waals surface area contributed by atoms with Crippen molar-refractivity contribution < 1.29 is 0 Å². The van der Waals surface area contributed by atoms with Gasteiger partial charge in [0, 0.05) is 18.8 Å². The van der Waals surface area contributed by atoms with Crippen LogP contribution in [-0.2, 0) is 0 Å². The van der Waals surface area contributed by atoms with E-state index in [1.807, 2.05) is 6.20 Å². The van der Waals surface area contributed by atoms with Crippen molar-refractivity contribution in [3.8, 4) is 0 Å². The number of rotatable bonds is 4. The van der Waals surface area contributed by atoms with Gasteiger partial charge in [-0.15, -0.1) is 0 Å². The molecular weight excluding hydrogens is 226 g/mol. The first-order valence-electron chi connectivity index (χ1n) is 5.97. The minimum atomic E-state index is -0.00768. The number of aliphatic imine (C=N–C) groups is 2. The molecule has 0 aromatic carbocycles. The van der Waals surface area contributed by atoms with Gasteiger partial charge in [0.05, 0.1) is 6.21 Å². The second-order valence-corrected chi connectivity index (χ2v) is 5.95. The molecule has 1 heterocycles. The van der Waals surface area contributed by atoms with Gasteiger partial charge in [-0.1, -0.05) is 20.8 Å². The number of hydrogen-bond acceptors (Lipinski definition) is 4. The molecule has 0 radical (unpaired) electrons. The number of nitrogens with two attached hydrogens (primary N) is 1. The third-order valence-corrected chi connectivity index (χ3v) is 3.70. The third kappa shape index (κ3) is 2.78. The van der Waals surface area contributed by atoms with Crippen LogP contribution in [0.3, 0.4) is 0 Å². The zero-order valence-electron chi connectivity index (χ0n) is 12.1. The normalized spacial score (nSPS) is 17.1. The van der Waals surface area contributed by atoms with Crippen molar-refractivity contribution in [1.82, 2.24) is 4.90 Å². The molecule has 0 saturated heterocycles. The molecule has 1 aliphatic rings. The van der Waals surface area contributed by atoms with Gasteiger partial charge in [0.2, 0.25) is 0 Å². The van der Waals surface area contributed by atoms with Gasteiger partial charge in [-0.2, -0.15) is 0 Å². The Hall–Kier alpha value is -1.65. The molecule has 0 saturated carbocycles. The van der Waals surface area contributed by atoms with Crippen molar-refractivity contribution in [2.24, 2.45) is 21.1 Å². The highest BCUT2D eigenvalue weighted by Crippen LogP contribution is 2.43. The summed E-state index contributed by atoms with van der Waals surface area (Å²) in [6.45, 7) is 11.0. The summed E-state index contributed by atoms with van der Waals surface area (Å²) in [4.78, 5) is 10.1. The fourth-order valence-electron chi connectivity index (χ4n) is 1.31. The van der Waals surface area contributed by atoms with E-state index in [0.29, 0.717) is 0 Å². The standard InChI is InChI=1S/C13H23N5/c1-12(2,3)13(4,5)18-8-10(18)17-7-9(14)11(15)16-6/h7-8,14H,1-6H3,(H2,15,16). The van der Waals surface area contributed by atoms with Crippen LogP contribution in [0.25, 0.3) is 0 Å². The molecular formula is C13H23N5. The predicted molar refractivity (Wildman–Crippen MR) is 77.2 cm³/mol. The van der Waals surface area contributed by atoms with Crippen molar-refractivity contribution in [1.29, 1.82) is 5.41 Å². The van der Waals surface area contributed by atoms with E-state index < -0.39 is 0 Å². The summed E-state index contributed by atoms with van der Waals surface area (Å²) >= 11 is 0. The van der Waals surface area contributed by atoms with E-state index in [1.165, 1.54) is 6.21 Å². The van der Waals surface area contributed by atoms with Gasteiger partial charge < -0.3 is 10.6 Å². The van der Waals surface area contributed by atoms with E-state index >= 15 is 0 Å². The van der Waals surface area contributed by atoms with Gasteiger partial charge in [0.15, 0.2) is 0 Å². The second-order valence-electron chi connectivity index (χ2n) is 5.95. The van der Waals surface area contributed by atoms with Gasteiger partial charge in [0.25, 0.3) is 0 Å². The van der Waals surface area contributed by atoms with E-state index in [9.17, 15) is 0 Å². The first-order valence-corrected chi connectivity index (χ1v) is 5.97. The van der Waals surface area contributed by atoms with Crippen LogP contribution in [0.5, 0.6) is 0 Å². The first-order chi connectivity index (χ1) is 8.11. The average molecular weight is 249 g/mol. The Kier molecular flexibility index (Phi) is 3.64. The molecule has 1 rings (SSSR count). The quantitative estimate of drug-likeness (QED) is 0.590. The van der Waals surface area contributed by atoms with Crippen molar-refractivity contribution in [2.45, 2.75) is 40.2 Å². The largest absolute Gasteiger partial charge is 0.382 e. The molecule has 0 aliphatic carbocycles. The fraction of sp³-hybridized carbons (Fsp3) is 0.615. The Balaban J connectivity index is 2.65. The Morgan fingerprint density at radius 2 is 1.89 bits per heavy atom. The maximum atomic E-state index is 7.61. The van der Waals surface area contributed by atoms with E-state index in [-0.39, 0.29) is 22.5 Å². The molecule has 100 valence electrons. The summed E-state index contributed by atoms with van der Waals surface area (Å²) in [7, 11) is 1.56. The summed E-state index contributed by atoms with van der Waals surface area (Å²) in [6.07, 6.45) is 3.42. The molecule has 0 unspecified atom stereocenters. The van der Waals surface area contributed by atoms with Crippen LogP contribution in [0, 0.1) is 10.8 Å². The molecule has 5 heteroatoms. The van der Waals surface area contributed by atoms with Crippen LogP contribution in [-0.4, -0.2) is 35.2 Å². The smallest absolute Gasteiger partial charge is 0.149 e. The lowest BCUT2D eigenvalue weighted by molar-refractivity contribution is 0.118. The maximum Gasteiger partial charge on any atom is 0.149 e. The van der Waals surface area contributed by atoms with Crippen LogP contribution >= 0.6 is 0 Å². The monoisotopic (exact) mass is 249 g/mol. The lowest BCUT2D eigenvalue weighted by Crippen LogP contribution is -2.44. The summed E-state index contributed by atoms with van der Waals surface area (Å²) in [5.74, 6) is 1.07. The zero-order valence-corrected chi connectivity index (χ0v) is 12.1. The molecule has 3 N–H and O–H groups in total. The summed E-state index contributed by atoms with van der Waals surface area (Å²) < 4.78 is 0. The van der Waals surface area contributed by atoms with Crippen LogP contribution in [0.15, 0.2) is 22.0 Å². The highest BCUT2D eigenvalue weighted by molar-refractivity contribution is 6.60. The summed E-state index contributed by atoms with van der Waals surface area (Å²) in [6, 6.07) is 0. The van der Waals surface area contributed by atoms with Crippen molar-refractivity contribution in [3.05, 3.63) is 12.0 Å². The van der Waals surface area contributed by atoms with Crippen LogP contribution in [0.4, 0.5) is 0 Å². The lowest BCUT2D eigenvalue weighted by atomic mass is 9.76. The molecule has 18 heavy (non-hydrogen) atoms. The number of amidine groups is 1. The van der Waals surface area contributed by atoms with Gasteiger partial charge in [-0.25, -0.2) is 4.99 Å². The third-order valence-electron chi connectivity index (χ3n) is 3.70. The molecule has 0 spiro atoms. The molecule has 0 aromatic heterocycles. The van der Waals surface area contributed by atoms with Gasteiger partial charge >= 0.3 is 0 Å². The molecule has 0 bridgehead atoms. The Bertz CT molecular complexity index is 435. The van der Waals surface area contributed by atoms with E-state index in [4.69, 9.17) is 11.1 Å². The molecule has 0 fully saturated rings. The fourth-order valence-corrected chi connectivity index (χ4v) is 1.31. The van der Waals surface area contributed by atoms with Crippen molar-refractivity contribution in [3.63, 3.8) is 0 Å². The molecule has 5 nitrogen and oxygen atoms in total. The number of hydrogen-bond donors (Lipinski definition) is 2. The number of nitrogens with one attached hydrogen (secondary N) is 1. The SMILES string of the molecule is CN=C(N)C(=N)C=NC1=CN1C(C)(C)C(C)(C)C. The maximum absolute atomic E-state index is 7.61. The molecule has 0 atom stereocenters. The van der Waals surface area contributed by atoms with Crippen molar-refractivity contribution in [2.75, 3.05) is 7.05 Å². The minimum absolute atomic E-state index is 0.00768. The first kappa shape index (κ1) is 14.4. The average Bonchev–Trinajstić information content (AvgIpc) is 3.03. The van der Waals surface area contributed by atoms with E-state index in [1.54, 1.807) is 7.05 Å². The van der Waals surface area contributed by atoms with Crippen LogP contribution in [0.1, 0.15) is 34.6 Å². The Morgan fingerprint density at radius 3 is 2.33 bits per heavy atom. The molecule has 0 amide bonds. The Morgan fingerprint density at radius 1 is 1.33 bits per heavy atom. The molecule has 1 aliphatic heterocycles. The van der Waals surface area contributed by atoms with Gasteiger partial charge in [-0.3, -0.25) is 10.4 Å². The van der Waals surface area contributed by atoms with Gasteiger partial charge in [-0.05, 0) is 19.3 Å². The molecule has 0 aromatic rings. The van der Waals surface area contributed by atoms with E-state index in [2.05, 4.69) is 49.5 Å². The lowest BCUT2D eigenvalue weighted by Gasteiger charge is -2.41. The number of nitrogens with zero attached hydrogens (tertiary/aromatic N) is 3. The zero-order chi connectivity index (χ0) is 14.1. The highest BCUT2D eigenvalue weighted by atomic mass is 15.4. The summed E-state index contributed by atoms with van der Waals surface area (Å²) in [5, 5.41) is 7.61. The Labute approximate surface area is 109 Å². The van der Waals surface area contributed by atoms with Crippen LogP contribution in [0.2, 0.25) is 0 Å². The highest BCUT2D eigenvalue weighted by Gasteiger charge is 2.43. The minimum Gasteiger partial charge on any atom is -0.382 e. The van der Waals surface area contributed by atoms with Crippen molar-refractivity contribution >= 4 is 17.8 Å². The van der Waals surface area contributed by atoms with E-state index in [0.717, 1.165) is 5.82 Å². The van der Waals surface area contributed by atoms with Gasteiger partial charge in [0.1, 0.15) is 17.4 Å². The topological polar surface area (TPSA) is 77.6 Å². The van der Waals surface area contributed by atoms with Crippen LogP contribution < -0.4 is 5.73 Å².